The zero-order valence-corrected chi connectivity index (χ0v) is 19.3. The first-order valence-corrected chi connectivity index (χ1v) is 11.0. The predicted octanol–water partition coefficient (Wildman–Crippen LogP) is 6.05. The number of halogens is 2. The highest BCUT2D eigenvalue weighted by Gasteiger charge is 2.21. The van der Waals surface area contributed by atoms with E-state index in [1.54, 1.807) is 18.2 Å². The number of aromatic nitrogens is 1. The number of carbonyl (C=O) groups is 1. The maximum absolute atomic E-state index is 14.6. The molecule has 0 atom stereocenters. The molecule has 0 saturated carbocycles. The summed E-state index contributed by atoms with van der Waals surface area (Å²) in [6.45, 7) is 3.55. The molecule has 3 aromatic rings. The minimum Gasteiger partial charge on any atom is -0.373 e. The Hall–Kier alpha value is -3.39. The fourth-order valence-corrected chi connectivity index (χ4v) is 4.21. The number of hydrogen-bond acceptors (Lipinski definition) is 4. The molecular weight excluding hydrogens is 473 g/mol. The van der Waals surface area contributed by atoms with Crippen LogP contribution in [0.4, 0.5) is 32.1 Å². The van der Waals surface area contributed by atoms with Crippen LogP contribution in [0.25, 0.3) is 11.6 Å². The Labute approximate surface area is 194 Å². The molecular formula is C24H23BrFN5O. The molecule has 2 amide bonds. The third-order valence-electron chi connectivity index (χ3n) is 5.26. The minimum atomic E-state index is -0.520. The number of pyridine rings is 1. The number of nitrogens with zero attached hydrogens (tertiary/aromatic N) is 2. The lowest BCUT2D eigenvalue weighted by Crippen LogP contribution is -2.28. The maximum atomic E-state index is 14.6. The van der Waals surface area contributed by atoms with Crippen molar-refractivity contribution in [3.05, 3.63) is 76.1 Å². The van der Waals surface area contributed by atoms with Gasteiger partial charge in [-0.25, -0.2) is 14.2 Å². The normalized spacial score (nSPS) is 12.6. The second kappa shape index (κ2) is 9.40. The molecule has 1 aromatic heterocycles. The number of hydrogen-bond donors (Lipinski definition) is 3. The number of amides is 2. The Kier molecular flexibility index (Phi) is 6.41. The quantitative estimate of drug-likeness (QED) is 0.402. The lowest BCUT2D eigenvalue weighted by Gasteiger charge is -2.31. The molecule has 0 saturated heterocycles. The van der Waals surface area contributed by atoms with E-state index < -0.39 is 11.8 Å². The predicted molar refractivity (Wildman–Crippen MR) is 133 cm³/mol. The second-order valence-electron chi connectivity index (χ2n) is 7.32. The van der Waals surface area contributed by atoms with Crippen molar-refractivity contribution in [3.8, 4) is 0 Å². The van der Waals surface area contributed by atoms with Crippen LogP contribution < -0.4 is 20.9 Å². The van der Waals surface area contributed by atoms with Gasteiger partial charge in [-0.15, -0.1) is 0 Å². The van der Waals surface area contributed by atoms with Gasteiger partial charge in [0.1, 0.15) is 11.6 Å². The largest absolute Gasteiger partial charge is 0.373 e. The first-order valence-electron chi connectivity index (χ1n) is 10.2. The summed E-state index contributed by atoms with van der Waals surface area (Å²) in [6, 6.07) is 13.6. The van der Waals surface area contributed by atoms with Gasteiger partial charge in [0.05, 0.1) is 5.69 Å². The molecule has 0 spiro atoms. The van der Waals surface area contributed by atoms with Gasteiger partial charge in [-0.05, 0) is 48.4 Å². The average molecular weight is 496 g/mol. The van der Waals surface area contributed by atoms with Crippen molar-refractivity contribution in [1.82, 2.24) is 4.98 Å². The van der Waals surface area contributed by atoms with Crippen molar-refractivity contribution >= 4 is 56.5 Å². The van der Waals surface area contributed by atoms with Gasteiger partial charge in [0.2, 0.25) is 0 Å². The molecule has 164 valence electrons. The number of benzene rings is 2. The molecule has 8 heteroatoms. The van der Waals surface area contributed by atoms with E-state index in [0.29, 0.717) is 16.7 Å². The molecule has 1 aliphatic heterocycles. The Morgan fingerprint density at radius 3 is 2.69 bits per heavy atom. The van der Waals surface area contributed by atoms with E-state index in [9.17, 15) is 9.18 Å². The summed E-state index contributed by atoms with van der Waals surface area (Å²) in [4.78, 5) is 19.0. The number of likely N-dealkylation sites (N-methyl/N-ethyl adjacent to an activating group) is 1. The average Bonchev–Trinajstić information content (AvgIpc) is 2.80. The molecule has 0 fully saturated rings. The monoisotopic (exact) mass is 495 g/mol. The number of urea groups is 1. The van der Waals surface area contributed by atoms with Gasteiger partial charge >= 0.3 is 6.03 Å². The fraction of sp³-hybridized carbons (Fsp3) is 0.167. The van der Waals surface area contributed by atoms with E-state index in [1.807, 2.05) is 37.5 Å². The van der Waals surface area contributed by atoms with Crippen LogP contribution in [0.1, 0.15) is 18.1 Å². The molecule has 1 aliphatic rings. The van der Waals surface area contributed by atoms with Crippen LogP contribution in [0, 0.1) is 5.82 Å². The summed E-state index contributed by atoms with van der Waals surface area (Å²) in [7, 11) is 1.84. The minimum absolute atomic E-state index is 0.107. The van der Waals surface area contributed by atoms with Crippen molar-refractivity contribution < 1.29 is 9.18 Å². The van der Waals surface area contributed by atoms with E-state index in [2.05, 4.69) is 54.8 Å². The van der Waals surface area contributed by atoms with Crippen molar-refractivity contribution in [2.45, 2.75) is 6.92 Å². The molecule has 32 heavy (non-hydrogen) atoms. The van der Waals surface area contributed by atoms with Crippen LogP contribution in [-0.4, -0.2) is 31.2 Å². The Morgan fingerprint density at radius 2 is 1.97 bits per heavy atom. The van der Waals surface area contributed by atoms with Crippen LogP contribution in [0.3, 0.4) is 0 Å². The van der Waals surface area contributed by atoms with Crippen LogP contribution >= 0.6 is 15.9 Å². The molecule has 2 heterocycles. The number of rotatable bonds is 5. The first kappa shape index (κ1) is 21.8. The smallest absolute Gasteiger partial charge is 0.323 e. The van der Waals surface area contributed by atoms with Crippen molar-refractivity contribution in [1.29, 1.82) is 0 Å². The topological polar surface area (TPSA) is 69.3 Å². The van der Waals surface area contributed by atoms with Crippen LogP contribution in [0.15, 0.2) is 59.2 Å². The van der Waals surface area contributed by atoms with Gasteiger partial charge in [0, 0.05) is 53.8 Å². The van der Waals surface area contributed by atoms with Crippen molar-refractivity contribution in [2.24, 2.45) is 0 Å². The Bertz CT molecular complexity index is 1180. The standard InChI is InChI=1S/C24H23BrFN5O/c1-3-31-14-16(9-15-13-28-23(27-2)12-22(15)31)18-10-21(20(26)11-19(18)25)30-24(32)29-17-7-5-4-6-8-17/h4-13H,3,14H2,1-2H3,(H,27,28)(H2,29,30,32). The van der Waals surface area contributed by atoms with E-state index in [0.717, 1.165) is 34.8 Å². The van der Waals surface area contributed by atoms with Gasteiger partial charge in [-0.3, -0.25) is 0 Å². The van der Waals surface area contributed by atoms with E-state index in [1.165, 1.54) is 6.07 Å². The van der Waals surface area contributed by atoms with Crippen molar-refractivity contribution in [3.63, 3.8) is 0 Å². The summed E-state index contributed by atoms with van der Waals surface area (Å²) in [6.07, 6.45) is 3.88. The molecule has 3 N–H and O–H groups in total. The molecule has 0 radical (unpaired) electrons. The number of carbonyl (C=O) groups excluding carboxylic acids is 1. The maximum Gasteiger partial charge on any atom is 0.323 e. The summed E-state index contributed by atoms with van der Waals surface area (Å²) in [5.41, 5.74) is 4.62. The Morgan fingerprint density at radius 1 is 1.19 bits per heavy atom. The van der Waals surface area contributed by atoms with Crippen LogP contribution in [0.2, 0.25) is 0 Å². The summed E-state index contributed by atoms with van der Waals surface area (Å²) < 4.78 is 15.3. The number of anilines is 4. The van der Waals surface area contributed by atoms with Gasteiger partial charge in [0.25, 0.3) is 0 Å². The lowest BCUT2D eigenvalue weighted by molar-refractivity contribution is 0.262. The van der Waals surface area contributed by atoms with Crippen LogP contribution in [0.5, 0.6) is 0 Å². The molecule has 0 aliphatic carbocycles. The van der Waals surface area contributed by atoms with Gasteiger partial charge in [-0.1, -0.05) is 34.1 Å². The highest BCUT2D eigenvalue weighted by atomic mass is 79.9. The number of para-hydroxylation sites is 1. The molecule has 0 bridgehead atoms. The SMILES string of the molecule is CCN1CC(c2cc(NC(=O)Nc3ccccc3)c(F)cc2Br)=Cc2cnc(NC)cc21. The summed E-state index contributed by atoms with van der Waals surface area (Å²) >= 11 is 3.49. The third kappa shape index (κ3) is 4.60. The Balaban J connectivity index is 1.65. The first-order chi connectivity index (χ1) is 15.5. The van der Waals surface area contributed by atoms with Gasteiger partial charge < -0.3 is 20.9 Å². The van der Waals surface area contributed by atoms with Crippen LogP contribution in [-0.2, 0) is 0 Å². The van der Waals surface area contributed by atoms with Crippen molar-refractivity contribution in [2.75, 3.05) is 41.0 Å². The van der Waals surface area contributed by atoms with Gasteiger partial charge in [-0.2, -0.15) is 0 Å². The second-order valence-corrected chi connectivity index (χ2v) is 8.17. The number of fused-ring (bicyclic) bond motifs is 1. The summed E-state index contributed by atoms with van der Waals surface area (Å²) in [5, 5.41) is 8.39. The lowest BCUT2D eigenvalue weighted by atomic mass is 9.97. The highest BCUT2D eigenvalue weighted by molar-refractivity contribution is 9.10. The molecule has 6 nitrogen and oxygen atoms in total. The van der Waals surface area contributed by atoms with E-state index in [4.69, 9.17) is 0 Å². The third-order valence-corrected chi connectivity index (χ3v) is 5.92. The molecule has 4 rings (SSSR count). The van der Waals surface area contributed by atoms with E-state index >= 15 is 0 Å². The zero-order valence-electron chi connectivity index (χ0n) is 17.7. The fourth-order valence-electron chi connectivity index (χ4n) is 3.64. The summed E-state index contributed by atoms with van der Waals surface area (Å²) in [5.74, 6) is 0.284. The zero-order chi connectivity index (χ0) is 22.7. The molecule has 0 unspecified atom stereocenters. The number of nitrogens with one attached hydrogen (secondary N) is 3. The highest BCUT2D eigenvalue weighted by Crippen LogP contribution is 2.37. The molecule has 2 aromatic carbocycles. The van der Waals surface area contributed by atoms with E-state index in [-0.39, 0.29) is 5.69 Å². The van der Waals surface area contributed by atoms with Gasteiger partial charge in [0.15, 0.2) is 0 Å².